The number of carbonyl (C=O) groups excluding carboxylic acids is 1. The van der Waals surface area contributed by atoms with Gasteiger partial charge in [-0.05, 0) is 27.4 Å². The summed E-state index contributed by atoms with van der Waals surface area (Å²) in [4.78, 5) is 12.9. The van der Waals surface area contributed by atoms with Gasteiger partial charge in [-0.2, -0.15) is 0 Å². The second-order valence-corrected chi connectivity index (χ2v) is 4.30. The van der Waals surface area contributed by atoms with E-state index in [1.165, 1.54) is 0 Å². The third-order valence-corrected chi connectivity index (χ3v) is 1.33. The first kappa shape index (κ1) is 16.8. The van der Waals surface area contributed by atoms with Gasteiger partial charge in [0.25, 0.3) is 0 Å². The lowest BCUT2D eigenvalue weighted by Gasteiger charge is -2.09. The summed E-state index contributed by atoms with van der Waals surface area (Å²) in [5.74, 6) is -0.297. The van der Waals surface area contributed by atoms with Crippen LogP contribution in [0.4, 0.5) is 0 Å². The molecule has 0 rings (SSSR count). The second kappa shape index (κ2) is 11.4. The van der Waals surface area contributed by atoms with E-state index in [0.29, 0.717) is 12.2 Å². The second-order valence-electron chi connectivity index (χ2n) is 3.48. The first-order valence-electron chi connectivity index (χ1n) is 4.83. The molecule has 0 saturated carbocycles. The summed E-state index contributed by atoms with van der Waals surface area (Å²) >= 11 is 0. The van der Waals surface area contributed by atoms with Gasteiger partial charge in [-0.1, -0.05) is 6.58 Å². The molecule has 0 aliphatic carbocycles. The summed E-state index contributed by atoms with van der Waals surface area (Å²) in [5.41, 5.74) is 0.458. The van der Waals surface area contributed by atoms with Crippen molar-refractivity contribution in [2.45, 2.75) is 13.3 Å². The minimum absolute atomic E-state index is 0.297. The summed E-state index contributed by atoms with van der Waals surface area (Å²) in [6.45, 7) is 6.54. The minimum Gasteiger partial charge on any atom is -0.462 e. The molecule has 0 N–H and O–H groups in total. The van der Waals surface area contributed by atoms with Crippen LogP contribution < -0.4 is 0 Å². The topological polar surface area (TPSA) is 38.8 Å². The number of carbonyl (C=O) groups is 1. The average Bonchev–Trinajstić information content (AvgIpc) is 2.12. The molecule has 15 heavy (non-hydrogen) atoms. The van der Waals surface area contributed by atoms with E-state index < -0.39 is 0 Å². The minimum atomic E-state index is -0.297. The van der Waals surface area contributed by atoms with E-state index in [4.69, 9.17) is 4.74 Å². The smallest absolute Gasteiger partial charge is 0.333 e. The molecular formula is C10H23NO3Si. The van der Waals surface area contributed by atoms with Crippen LogP contribution in [0.1, 0.15) is 13.3 Å². The molecule has 0 fully saturated rings. The van der Waals surface area contributed by atoms with Crippen molar-refractivity contribution in [2.24, 2.45) is 0 Å². The van der Waals surface area contributed by atoms with Crippen molar-refractivity contribution in [3.63, 3.8) is 0 Å². The highest BCUT2D eigenvalue weighted by atomic mass is 28.2. The number of esters is 1. The summed E-state index contributed by atoms with van der Waals surface area (Å²) in [5, 5.41) is 0. The van der Waals surface area contributed by atoms with Crippen molar-refractivity contribution in [1.29, 1.82) is 0 Å². The van der Waals surface area contributed by atoms with Gasteiger partial charge in [0.15, 0.2) is 0 Å². The predicted octanol–water partition coefficient (Wildman–Crippen LogP) is -0.0294. The van der Waals surface area contributed by atoms with Crippen molar-refractivity contribution in [3.8, 4) is 0 Å². The Hall–Kier alpha value is -0.653. The highest BCUT2D eigenvalue weighted by Crippen LogP contribution is 1.93. The van der Waals surface area contributed by atoms with Crippen molar-refractivity contribution < 1.29 is 14.0 Å². The van der Waals surface area contributed by atoms with Crippen LogP contribution in [0.5, 0.6) is 0 Å². The maximum Gasteiger partial charge on any atom is 0.333 e. The Morgan fingerprint density at radius 3 is 2.27 bits per heavy atom. The lowest BCUT2D eigenvalue weighted by atomic mass is 10.3. The standard InChI is InChI=1S/C9H17NO2.CH6OSi/c1-8(2)9(11)12-7-5-6-10(3)4;1-2-3/h1,5-7H2,2-4H3;1,3H3. The van der Waals surface area contributed by atoms with Gasteiger partial charge in [-0.25, -0.2) is 4.79 Å². The lowest BCUT2D eigenvalue weighted by molar-refractivity contribution is -0.139. The largest absolute Gasteiger partial charge is 0.462 e. The molecule has 0 aromatic carbocycles. The predicted molar refractivity (Wildman–Crippen MR) is 65.9 cm³/mol. The molecular weight excluding hydrogens is 210 g/mol. The molecule has 5 heteroatoms. The van der Waals surface area contributed by atoms with Crippen LogP contribution in [0.3, 0.4) is 0 Å². The average molecular weight is 233 g/mol. The fraction of sp³-hybridized carbons (Fsp3) is 0.700. The van der Waals surface area contributed by atoms with Crippen molar-refractivity contribution in [2.75, 3.05) is 34.4 Å². The molecule has 0 amide bonds. The fourth-order valence-corrected chi connectivity index (χ4v) is 0.669. The zero-order valence-corrected chi connectivity index (χ0v) is 12.5. The molecule has 0 saturated heterocycles. The highest BCUT2D eigenvalue weighted by molar-refractivity contribution is 5.97. The first-order chi connectivity index (χ1) is 6.95. The van der Waals surface area contributed by atoms with Gasteiger partial charge < -0.3 is 14.1 Å². The van der Waals surface area contributed by atoms with E-state index in [9.17, 15) is 4.79 Å². The van der Waals surface area contributed by atoms with E-state index >= 15 is 0 Å². The number of hydrogen-bond donors (Lipinski definition) is 0. The number of rotatable bonds is 5. The third kappa shape index (κ3) is 16.1. The van der Waals surface area contributed by atoms with Gasteiger partial charge in [0.2, 0.25) is 0 Å². The van der Waals surface area contributed by atoms with Crippen LogP contribution >= 0.6 is 0 Å². The molecule has 0 aliphatic heterocycles. The Bertz CT molecular complexity index is 184. The van der Waals surface area contributed by atoms with E-state index in [-0.39, 0.29) is 5.97 Å². The van der Waals surface area contributed by atoms with Crippen LogP contribution in [-0.2, 0) is 14.0 Å². The lowest BCUT2D eigenvalue weighted by Crippen LogP contribution is -2.16. The molecule has 90 valence electrons. The zero-order valence-electron chi connectivity index (χ0n) is 10.5. The molecule has 0 heterocycles. The van der Waals surface area contributed by atoms with Gasteiger partial charge in [0.1, 0.15) is 10.5 Å². The molecule has 0 atom stereocenters. The molecule has 4 nitrogen and oxygen atoms in total. The van der Waals surface area contributed by atoms with Crippen LogP contribution in [0.15, 0.2) is 12.2 Å². The van der Waals surface area contributed by atoms with Crippen LogP contribution in [0.2, 0.25) is 0 Å². The van der Waals surface area contributed by atoms with Crippen LogP contribution in [0, 0.1) is 0 Å². The number of hydrogen-bond acceptors (Lipinski definition) is 4. The Morgan fingerprint density at radius 2 is 1.93 bits per heavy atom. The number of ether oxygens (including phenoxy) is 1. The van der Waals surface area contributed by atoms with E-state index in [2.05, 4.69) is 15.9 Å². The van der Waals surface area contributed by atoms with Crippen LogP contribution in [0.25, 0.3) is 0 Å². The Kier molecular flexibility index (Phi) is 12.8. The molecule has 0 radical (unpaired) electrons. The monoisotopic (exact) mass is 233 g/mol. The van der Waals surface area contributed by atoms with Crippen molar-refractivity contribution in [1.82, 2.24) is 4.90 Å². The molecule has 0 unspecified atom stereocenters. The molecule has 0 aromatic rings. The van der Waals surface area contributed by atoms with Gasteiger partial charge >= 0.3 is 5.97 Å². The summed E-state index contributed by atoms with van der Waals surface area (Å²) in [6.07, 6.45) is 0.867. The van der Waals surface area contributed by atoms with Gasteiger partial charge in [-0.15, -0.1) is 0 Å². The van der Waals surface area contributed by atoms with Gasteiger partial charge in [0.05, 0.1) is 6.61 Å². The summed E-state index contributed by atoms with van der Waals surface area (Å²) in [7, 11) is 6.53. The Morgan fingerprint density at radius 1 is 1.47 bits per heavy atom. The number of nitrogens with zero attached hydrogens (tertiary/aromatic N) is 1. The maximum absolute atomic E-state index is 10.9. The van der Waals surface area contributed by atoms with E-state index in [1.807, 2.05) is 14.1 Å². The molecule has 0 bridgehead atoms. The third-order valence-electron chi connectivity index (χ3n) is 1.33. The first-order valence-corrected chi connectivity index (χ1v) is 5.64. The maximum atomic E-state index is 10.9. The zero-order chi connectivity index (χ0) is 12.3. The fourth-order valence-electron chi connectivity index (χ4n) is 0.669. The SMILES string of the molecule is C=C(C)C(=O)OCCCN(C)C.CO[SiH3]. The highest BCUT2D eigenvalue weighted by Gasteiger charge is 2.01. The normalized spacial score (nSPS) is 9.40. The van der Waals surface area contributed by atoms with Crippen LogP contribution in [-0.4, -0.2) is 55.7 Å². The van der Waals surface area contributed by atoms with Crippen molar-refractivity contribution in [3.05, 3.63) is 12.2 Å². The molecule has 0 aliphatic rings. The quantitative estimate of drug-likeness (QED) is 0.289. The summed E-state index contributed by atoms with van der Waals surface area (Å²) < 4.78 is 9.28. The Balaban J connectivity index is 0. The van der Waals surface area contributed by atoms with Gasteiger partial charge in [-0.3, -0.25) is 0 Å². The van der Waals surface area contributed by atoms with E-state index in [1.54, 1.807) is 14.0 Å². The van der Waals surface area contributed by atoms with Gasteiger partial charge in [0, 0.05) is 19.2 Å². The molecule has 0 aromatic heterocycles. The summed E-state index contributed by atoms with van der Waals surface area (Å²) in [6, 6.07) is 0. The molecule has 0 spiro atoms. The van der Waals surface area contributed by atoms with Crippen molar-refractivity contribution >= 4 is 16.5 Å². The van der Waals surface area contributed by atoms with E-state index in [0.717, 1.165) is 23.5 Å². The Labute approximate surface area is 95.8 Å².